The van der Waals surface area contributed by atoms with Gasteiger partial charge in [-0.05, 0) is 44.0 Å². The van der Waals surface area contributed by atoms with E-state index in [0.717, 1.165) is 30.5 Å². The monoisotopic (exact) mass is 235 g/mol. The molecule has 1 aliphatic rings. The highest BCUT2D eigenvalue weighted by atomic mass is 16.5. The van der Waals surface area contributed by atoms with Gasteiger partial charge in [0.05, 0.1) is 14.2 Å². The number of benzene rings is 1. The first kappa shape index (κ1) is 12.2. The van der Waals surface area contributed by atoms with Crippen molar-refractivity contribution in [3.63, 3.8) is 0 Å². The minimum Gasteiger partial charge on any atom is -0.493 e. The van der Waals surface area contributed by atoms with E-state index in [4.69, 9.17) is 9.47 Å². The molecule has 1 aromatic carbocycles. The van der Waals surface area contributed by atoms with Crippen LogP contribution in [0.5, 0.6) is 11.5 Å². The van der Waals surface area contributed by atoms with E-state index in [1.807, 2.05) is 6.07 Å². The summed E-state index contributed by atoms with van der Waals surface area (Å²) in [5.41, 5.74) is 1.30. The van der Waals surface area contributed by atoms with Gasteiger partial charge in [-0.15, -0.1) is 0 Å². The number of hydrogen-bond donors (Lipinski definition) is 0. The zero-order valence-electron chi connectivity index (χ0n) is 10.9. The lowest BCUT2D eigenvalue weighted by atomic mass is 10.1. The largest absolute Gasteiger partial charge is 0.493 e. The first-order valence-corrected chi connectivity index (χ1v) is 6.15. The molecule has 1 aromatic rings. The molecule has 0 atom stereocenters. The van der Waals surface area contributed by atoms with Crippen molar-refractivity contribution < 1.29 is 9.47 Å². The number of methoxy groups -OCH3 is 2. The van der Waals surface area contributed by atoms with E-state index in [2.05, 4.69) is 24.1 Å². The molecule has 1 aliphatic carbocycles. The fourth-order valence-corrected chi connectivity index (χ4v) is 2.04. The maximum atomic E-state index is 5.30. The number of rotatable bonds is 6. The number of hydrogen-bond acceptors (Lipinski definition) is 3. The first-order valence-electron chi connectivity index (χ1n) is 6.15. The van der Waals surface area contributed by atoms with Crippen LogP contribution in [0.1, 0.15) is 18.4 Å². The van der Waals surface area contributed by atoms with Gasteiger partial charge < -0.3 is 14.4 Å². The molecule has 0 unspecified atom stereocenters. The minimum absolute atomic E-state index is 0.798. The molecule has 1 saturated carbocycles. The molecule has 0 heterocycles. The van der Waals surface area contributed by atoms with Crippen LogP contribution in [0.4, 0.5) is 0 Å². The van der Waals surface area contributed by atoms with Crippen LogP contribution in [0.25, 0.3) is 0 Å². The van der Waals surface area contributed by atoms with E-state index in [0.29, 0.717) is 0 Å². The van der Waals surface area contributed by atoms with Crippen molar-refractivity contribution in [2.45, 2.75) is 25.3 Å². The van der Waals surface area contributed by atoms with Crippen molar-refractivity contribution in [1.82, 2.24) is 4.90 Å². The van der Waals surface area contributed by atoms with Gasteiger partial charge in [-0.2, -0.15) is 0 Å². The number of nitrogens with zero attached hydrogens (tertiary/aromatic N) is 1. The molecule has 0 amide bonds. The summed E-state index contributed by atoms with van der Waals surface area (Å²) in [6.45, 7) is 1.11. The topological polar surface area (TPSA) is 21.7 Å². The molecule has 0 aliphatic heterocycles. The Hall–Kier alpha value is -1.22. The van der Waals surface area contributed by atoms with Crippen molar-refractivity contribution in [3.05, 3.63) is 23.8 Å². The summed E-state index contributed by atoms with van der Waals surface area (Å²) >= 11 is 0. The average Bonchev–Trinajstić information content (AvgIpc) is 3.19. The Balaban J connectivity index is 1.95. The molecule has 17 heavy (non-hydrogen) atoms. The predicted octanol–water partition coefficient (Wildman–Crippen LogP) is 2.34. The maximum Gasteiger partial charge on any atom is 0.160 e. The molecule has 0 radical (unpaired) electrons. The van der Waals surface area contributed by atoms with Crippen LogP contribution in [0.3, 0.4) is 0 Å². The zero-order chi connectivity index (χ0) is 12.3. The van der Waals surface area contributed by atoms with Crippen LogP contribution in [0.15, 0.2) is 18.2 Å². The fraction of sp³-hybridized carbons (Fsp3) is 0.571. The van der Waals surface area contributed by atoms with Crippen LogP contribution < -0.4 is 9.47 Å². The second-order valence-electron chi connectivity index (χ2n) is 4.65. The van der Waals surface area contributed by atoms with Crippen LogP contribution in [-0.4, -0.2) is 38.8 Å². The van der Waals surface area contributed by atoms with Crippen molar-refractivity contribution in [1.29, 1.82) is 0 Å². The smallest absolute Gasteiger partial charge is 0.160 e. The van der Waals surface area contributed by atoms with E-state index >= 15 is 0 Å². The number of likely N-dealkylation sites (N-methyl/N-ethyl adjacent to an activating group) is 1. The third-order valence-electron chi connectivity index (χ3n) is 3.37. The highest BCUT2D eigenvalue weighted by molar-refractivity contribution is 5.42. The molecular weight excluding hydrogens is 214 g/mol. The van der Waals surface area contributed by atoms with Gasteiger partial charge in [-0.1, -0.05) is 6.07 Å². The SMILES string of the molecule is COc1ccc(CCN(C)C2CC2)cc1OC. The zero-order valence-corrected chi connectivity index (χ0v) is 10.9. The van der Waals surface area contributed by atoms with Gasteiger partial charge in [0.25, 0.3) is 0 Å². The van der Waals surface area contributed by atoms with Gasteiger partial charge in [0.2, 0.25) is 0 Å². The molecule has 3 nitrogen and oxygen atoms in total. The van der Waals surface area contributed by atoms with Crippen molar-refractivity contribution >= 4 is 0 Å². The summed E-state index contributed by atoms with van der Waals surface area (Å²) in [5.74, 6) is 1.62. The Morgan fingerprint density at radius 3 is 2.47 bits per heavy atom. The Morgan fingerprint density at radius 1 is 1.18 bits per heavy atom. The van der Waals surface area contributed by atoms with Crippen molar-refractivity contribution in [2.24, 2.45) is 0 Å². The quantitative estimate of drug-likeness (QED) is 0.755. The molecule has 94 valence electrons. The molecule has 0 saturated heterocycles. The maximum absolute atomic E-state index is 5.30. The second-order valence-corrected chi connectivity index (χ2v) is 4.65. The lowest BCUT2D eigenvalue weighted by Crippen LogP contribution is -2.23. The van der Waals surface area contributed by atoms with Crippen molar-refractivity contribution in [3.8, 4) is 11.5 Å². The Labute approximate surface area is 103 Å². The molecule has 1 fully saturated rings. The van der Waals surface area contributed by atoms with Crippen LogP contribution in [-0.2, 0) is 6.42 Å². The normalized spacial score (nSPS) is 15.1. The molecule has 0 aromatic heterocycles. The van der Waals surface area contributed by atoms with Crippen molar-refractivity contribution in [2.75, 3.05) is 27.8 Å². The van der Waals surface area contributed by atoms with E-state index in [1.165, 1.54) is 18.4 Å². The van der Waals surface area contributed by atoms with E-state index in [9.17, 15) is 0 Å². The Bertz CT molecular complexity index is 374. The second kappa shape index (κ2) is 5.41. The van der Waals surface area contributed by atoms with Gasteiger partial charge >= 0.3 is 0 Å². The molecule has 0 bridgehead atoms. The lowest BCUT2D eigenvalue weighted by Gasteiger charge is -2.16. The number of ether oxygens (including phenoxy) is 2. The van der Waals surface area contributed by atoms with Gasteiger partial charge in [-0.3, -0.25) is 0 Å². The van der Waals surface area contributed by atoms with E-state index in [1.54, 1.807) is 14.2 Å². The first-order chi connectivity index (χ1) is 8.24. The molecule has 3 heteroatoms. The third kappa shape index (κ3) is 3.13. The van der Waals surface area contributed by atoms with Crippen LogP contribution >= 0.6 is 0 Å². The minimum atomic E-state index is 0.798. The third-order valence-corrected chi connectivity index (χ3v) is 3.37. The van der Waals surface area contributed by atoms with Gasteiger partial charge in [0.1, 0.15) is 0 Å². The summed E-state index contributed by atoms with van der Waals surface area (Å²) in [6, 6.07) is 6.99. The average molecular weight is 235 g/mol. The summed E-state index contributed by atoms with van der Waals surface area (Å²) in [5, 5.41) is 0. The standard InChI is InChI=1S/C14H21NO2/c1-15(12-5-6-12)9-8-11-4-7-13(16-2)14(10-11)17-3/h4,7,10,12H,5-6,8-9H2,1-3H3. The molecule has 2 rings (SSSR count). The van der Waals surface area contributed by atoms with Crippen LogP contribution in [0, 0.1) is 0 Å². The van der Waals surface area contributed by atoms with Gasteiger partial charge in [0, 0.05) is 12.6 Å². The van der Waals surface area contributed by atoms with Crippen LogP contribution in [0.2, 0.25) is 0 Å². The highest BCUT2D eigenvalue weighted by Gasteiger charge is 2.25. The molecular formula is C14H21NO2. The molecule has 0 spiro atoms. The summed E-state index contributed by atoms with van der Waals surface area (Å²) in [6.07, 6.45) is 3.79. The van der Waals surface area contributed by atoms with Gasteiger partial charge in [-0.25, -0.2) is 0 Å². The highest BCUT2D eigenvalue weighted by Crippen LogP contribution is 2.28. The Kier molecular flexibility index (Phi) is 3.89. The predicted molar refractivity (Wildman–Crippen MR) is 68.9 cm³/mol. The summed E-state index contributed by atoms with van der Waals surface area (Å²) in [7, 11) is 5.55. The summed E-state index contributed by atoms with van der Waals surface area (Å²) in [4.78, 5) is 2.44. The Morgan fingerprint density at radius 2 is 1.88 bits per heavy atom. The fourth-order valence-electron chi connectivity index (χ4n) is 2.04. The molecule has 0 N–H and O–H groups in total. The van der Waals surface area contributed by atoms with E-state index in [-0.39, 0.29) is 0 Å². The van der Waals surface area contributed by atoms with E-state index < -0.39 is 0 Å². The summed E-state index contributed by atoms with van der Waals surface area (Å²) < 4.78 is 10.5. The van der Waals surface area contributed by atoms with Gasteiger partial charge in [0.15, 0.2) is 11.5 Å². The lowest BCUT2D eigenvalue weighted by molar-refractivity contribution is 0.327.